The van der Waals surface area contributed by atoms with Crippen LogP contribution in [0.5, 0.6) is 0 Å². The van der Waals surface area contributed by atoms with Gasteiger partial charge in [0.25, 0.3) is 0 Å². The summed E-state index contributed by atoms with van der Waals surface area (Å²) in [7, 11) is 0. The fourth-order valence-corrected chi connectivity index (χ4v) is 2.47. The van der Waals surface area contributed by atoms with Crippen molar-refractivity contribution in [1.82, 2.24) is 0 Å². The number of rotatable bonds is 6. The molecule has 110 valence electrons. The summed E-state index contributed by atoms with van der Waals surface area (Å²) in [6, 6.07) is 17.5. The minimum absolute atomic E-state index is 0.0693. The van der Waals surface area contributed by atoms with Crippen molar-refractivity contribution in [1.29, 1.82) is 0 Å². The van der Waals surface area contributed by atoms with Gasteiger partial charge in [-0.3, -0.25) is 4.79 Å². The Morgan fingerprint density at radius 3 is 2.62 bits per heavy atom. The number of carbonyl (C=O) groups is 1. The van der Waals surface area contributed by atoms with Gasteiger partial charge in [-0.25, -0.2) is 0 Å². The normalized spacial score (nSPS) is 11.9. The van der Waals surface area contributed by atoms with Crippen LogP contribution in [-0.4, -0.2) is 5.91 Å². The fourth-order valence-electron chi connectivity index (χ4n) is 2.26. The second kappa shape index (κ2) is 7.84. The summed E-state index contributed by atoms with van der Waals surface area (Å²) in [6.07, 6.45) is 2.46. The molecule has 21 heavy (non-hydrogen) atoms. The lowest BCUT2D eigenvalue weighted by atomic mass is 9.98. The van der Waals surface area contributed by atoms with Gasteiger partial charge in [0, 0.05) is 17.1 Å². The van der Waals surface area contributed by atoms with Crippen molar-refractivity contribution in [2.45, 2.75) is 26.2 Å². The summed E-state index contributed by atoms with van der Waals surface area (Å²) in [5, 5.41) is 3.69. The molecule has 3 heteroatoms. The van der Waals surface area contributed by atoms with Gasteiger partial charge in [-0.1, -0.05) is 48.9 Å². The second-order valence-corrected chi connectivity index (χ2v) is 5.83. The fraction of sp³-hybridized carbons (Fsp3) is 0.278. The lowest BCUT2D eigenvalue weighted by Crippen LogP contribution is -2.15. The third kappa shape index (κ3) is 5.60. The number of hydrogen-bond donors (Lipinski definition) is 1. The quantitative estimate of drug-likeness (QED) is 0.804. The SMILES string of the molecule is C[C@H](CCc1cccc(Cl)c1)CC(=O)Nc1ccccc1. The van der Waals surface area contributed by atoms with E-state index in [1.165, 1.54) is 5.56 Å². The van der Waals surface area contributed by atoms with Crippen molar-refractivity contribution in [3.8, 4) is 0 Å². The van der Waals surface area contributed by atoms with E-state index >= 15 is 0 Å². The minimum Gasteiger partial charge on any atom is -0.326 e. The first kappa shape index (κ1) is 15.6. The minimum atomic E-state index is 0.0693. The average Bonchev–Trinajstić information content (AvgIpc) is 2.46. The maximum Gasteiger partial charge on any atom is 0.224 e. The first-order valence-corrected chi connectivity index (χ1v) is 7.60. The Balaban J connectivity index is 1.76. The van der Waals surface area contributed by atoms with E-state index in [4.69, 9.17) is 11.6 Å². The van der Waals surface area contributed by atoms with Gasteiger partial charge in [0.05, 0.1) is 0 Å². The molecule has 1 amide bonds. The number of amides is 1. The van der Waals surface area contributed by atoms with Crippen molar-refractivity contribution < 1.29 is 4.79 Å². The van der Waals surface area contributed by atoms with E-state index in [9.17, 15) is 4.79 Å². The lowest BCUT2D eigenvalue weighted by Gasteiger charge is -2.12. The van der Waals surface area contributed by atoms with Crippen LogP contribution < -0.4 is 5.32 Å². The molecule has 2 nitrogen and oxygen atoms in total. The van der Waals surface area contributed by atoms with E-state index in [2.05, 4.69) is 18.3 Å². The van der Waals surface area contributed by atoms with E-state index in [1.807, 2.05) is 48.5 Å². The van der Waals surface area contributed by atoms with Gasteiger partial charge in [-0.05, 0) is 48.6 Å². The Morgan fingerprint density at radius 2 is 1.90 bits per heavy atom. The predicted octanol–water partition coefficient (Wildman–Crippen LogP) is 4.94. The number of halogens is 1. The highest BCUT2D eigenvalue weighted by molar-refractivity contribution is 6.30. The molecule has 0 bridgehead atoms. The van der Waals surface area contributed by atoms with Gasteiger partial charge in [-0.15, -0.1) is 0 Å². The van der Waals surface area contributed by atoms with Gasteiger partial charge in [0.2, 0.25) is 5.91 Å². The molecule has 0 aliphatic carbocycles. The first-order chi connectivity index (χ1) is 10.1. The maximum absolute atomic E-state index is 12.0. The van der Waals surface area contributed by atoms with Crippen molar-refractivity contribution >= 4 is 23.2 Å². The van der Waals surface area contributed by atoms with Crippen LogP contribution in [0.25, 0.3) is 0 Å². The third-order valence-electron chi connectivity index (χ3n) is 3.41. The molecule has 0 radical (unpaired) electrons. The van der Waals surface area contributed by atoms with Crippen LogP contribution in [0.15, 0.2) is 54.6 Å². The van der Waals surface area contributed by atoms with Crippen LogP contribution in [0.3, 0.4) is 0 Å². The van der Waals surface area contributed by atoms with Gasteiger partial charge in [0.15, 0.2) is 0 Å². The Hall–Kier alpha value is -1.80. The number of para-hydroxylation sites is 1. The molecule has 2 rings (SSSR count). The molecule has 0 saturated heterocycles. The van der Waals surface area contributed by atoms with E-state index in [0.29, 0.717) is 12.3 Å². The zero-order valence-electron chi connectivity index (χ0n) is 12.2. The van der Waals surface area contributed by atoms with Crippen LogP contribution in [-0.2, 0) is 11.2 Å². The molecule has 0 aliphatic rings. The molecule has 0 aromatic heterocycles. The number of carbonyl (C=O) groups excluding carboxylic acids is 1. The molecule has 1 atom stereocenters. The number of aryl methyl sites for hydroxylation is 1. The van der Waals surface area contributed by atoms with E-state index in [-0.39, 0.29) is 5.91 Å². The Bertz CT molecular complexity index is 583. The summed E-state index contributed by atoms with van der Waals surface area (Å²) >= 11 is 5.97. The van der Waals surface area contributed by atoms with Gasteiger partial charge < -0.3 is 5.32 Å². The zero-order valence-corrected chi connectivity index (χ0v) is 12.9. The number of anilines is 1. The monoisotopic (exact) mass is 301 g/mol. The predicted molar refractivity (Wildman–Crippen MR) is 88.6 cm³/mol. The Kier molecular flexibility index (Phi) is 5.82. The summed E-state index contributed by atoms with van der Waals surface area (Å²) < 4.78 is 0. The molecule has 0 fully saturated rings. The van der Waals surface area contributed by atoms with Crippen LogP contribution in [0.1, 0.15) is 25.3 Å². The lowest BCUT2D eigenvalue weighted by molar-refractivity contribution is -0.117. The average molecular weight is 302 g/mol. The largest absolute Gasteiger partial charge is 0.326 e. The number of hydrogen-bond acceptors (Lipinski definition) is 1. The van der Waals surface area contributed by atoms with Gasteiger partial charge in [-0.2, -0.15) is 0 Å². The maximum atomic E-state index is 12.0. The Labute approximate surface area is 131 Å². The summed E-state index contributed by atoms with van der Waals surface area (Å²) in [4.78, 5) is 12.0. The molecular formula is C18H20ClNO. The molecular weight excluding hydrogens is 282 g/mol. The number of benzene rings is 2. The van der Waals surface area contributed by atoms with Crippen molar-refractivity contribution in [2.24, 2.45) is 5.92 Å². The standard InChI is InChI=1S/C18H20ClNO/c1-14(10-11-15-6-5-7-16(19)13-15)12-18(21)20-17-8-3-2-4-9-17/h2-9,13-14H,10-12H2,1H3,(H,20,21)/t14-/m1/s1. The van der Waals surface area contributed by atoms with Crippen LogP contribution in [0.2, 0.25) is 5.02 Å². The molecule has 0 unspecified atom stereocenters. The first-order valence-electron chi connectivity index (χ1n) is 7.23. The zero-order chi connectivity index (χ0) is 15.1. The molecule has 0 saturated carbocycles. The third-order valence-corrected chi connectivity index (χ3v) is 3.64. The van der Waals surface area contributed by atoms with Crippen molar-refractivity contribution in [3.63, 3.8) is 0 Å². The highest BCUT2D eigenvalue weighted by Gasteiger charge is 2.09. The van der Waals surface area contributed by atoms with Crippen LogP contribution >= 0.6 is 11.6 Å². The van der Waals surface area contributed by atoms with Crippen LogP contribution in [0, 0.1) is 5.92 Å². The smallest absolute Gasteiger partial charge is 0.224 e. The van der Waals surface area contributed by atoms with E-state index in [1.54, 1.807) is 0 Å². The molecule has 0 aliphatic heterocycles. The molecule has 1 N–H and O–H groups in total. The van der Waals surface area contributed by atoms with Crippen molar-refractivity contribution in [2.75, 3.05) is 5.32 Å². The number of nitrogens with one attached hydrogen (secondary N) is 1. The van der Waals surface area contributed by atoms with Gasteiger partial charge in [0.1, 0.15) is 0 Å². The van der Waals surface area contributed by atoms with Crippen molar-refractivity contribution in [3.05, 3.63) is 65.2 Å². The van der Waals surface area contributed by atoms with Gasteiger partial charge >= 0.3 is 0 Å². The second-order valence-electron chi connectivity index (χ2n) is 5.39. The topological polar surface area (TPSA) is 29.1 Å². The molecule has 2 aromatic carbocycles. The van der Waals surface area contributed by atoms with Crippen LogP contribution in [0.4, 0.5) is 5.69 Å². The van der Waals surface area contributed by atoms with E-state index < -0.39 is 0 Å². The summed E-state index contributed by atoms with van der Waals surface area (Å²) in [5.41, 5.74) is 2.07. The highest BCUT2D eigenvalue weighted by Crippen LogP contribution is 2.17. The molecule has 2 aromatic rings. The van der Waals surface area contributed by atoms with E-state index in [0.717, 1.165) is 23.6 Å². The molecule has 0 spiro atoms. The summed E-state index contributed by atoms with van der Waals surface area (Å²) in [5.74, 6) is 0.410. The Morgan fingerprint density at radius 1 is 1.14 bits per heavy atom. The molecule has 0 heterocycles. The summed E-state index contributed by atoms with van der Waals surface area (Å²) in [6.45, 7) is 2.11. The highest BCUT2D eigenvalue weighted by atomic mass is 35.5.